The molecule has 2 saturated heterocycles. The van der Waals surface area contributed by atoms with Crippen molar-refractivity contribution in [1.82, 2.24) is 4.90 Å². The maximum atomic E-state index is 13.1. The summed E-state index contributed by atoms with van der Waals surface area (Å²) in [5.74, 6) is 0.752. The minimum absolute atomic E-state index is 0.118. The van der Waals surface area contributed by atoms with Crippen LogP contribution >= 0.6 is 0 Å². The number of piperidine rings is 1. The molecule has 6 nitrogen and oxygen atoms in total. The Labute approximate surface area is 176 Å². The fraction of sp³-hybridized carbons (Fsp3) is 0.417. The van der Waals surface area contributed by atoms with Gasteiger partial charge < -0.3 is 14.2 Å². The van der Waals surface area contributed by atoms with E-state index in [-0.39, 0.29) is 36.5 Å². The maximum Gasteiger partial charge on any atom is 0.410 e. The van der Waals surface area contributed by atoms with Crippen LogP contribution in [0, 0.1) is 5.92 Å². The van der Waals surface area contributed by atoms with Crippen LogP contribution in [0.3, 0.4) is 0 Å². The van der Waals surface area contributed by atoms with Gasteiger partial charge in [-0.25, -0.2) is 4.79 Å². The largest absolute Gasteiger partial charge is 0.494 e. The SMILES string of the molecule is CCOc1ccc(C(=O)C2CC3COCC(C2)N3C(=O)OCc2ccccc2)cc1. The van der Waals surface area contributed by atoms with Crippen molar-refractivity contribution in [3.63, 3.8) is 0 Å². The van der Waals surface area contributed by atoms with E-state index in [1.54, 1.807) is 4.90 Å². The summed E-state index contributed by atoms with van der Waals surface area (Å²) in [5, 5.41) is 0. The number of fused-ring (bicyclic) bond motifs is 2. The van der Waals surface area contributed by atoms with Crippen LogP contribution in [0.15, 0.2) is 54.6 Å². The van der Waals surface area contributed by atoms with Crippen LogP contribution in [-0.2, 0) is 16.1 Å². The number of hydrogen-bond acceptors (Lipinski definition) is 5. The third-order valence-electron chi connectivity index (χ3n) is 5.76. The normalized spacial score (nSPS) is 23.0. The monoisotopic (exact) mass is 409 g/mol. The number of ketones is 1. The zero-order chi connectivity index (χ0) is 20.9. The average Bonchev–Trinajstić information content (AvgIpc) is 2.77. The summed E-state index contributed by atoms with van der Waals surface area (Å²) < 4.78 is 16.7. The van der Waals surface area contributed by atoms with Crippen molar-refractivity contribution in [2.24, 2.45) is 5.92 Å². The Bertz CT molecular complexity index is 853. The predicted octanol–water partition coefficient (Wildman–Crippen LogP) is 4.08. The number of carbonyl (C=O) groups excluding carboxylic acids is 2. The molecule has 0 saturated carbocycles. The number of amides is 1. The molecule has 158 valence electrons. The molecule has 1 amide bonds. The van der Waals surface area contributed by atoms with E-state index in [4.69, 9.17) is 14.2 Å². The van der Waals surface area contributed by atoms with Crippen molar-refractivity contribution < 1.29 is 23.8 Å². The van der Waals surface area contributed by atoms with E-state index < -0.39 is 0 Å². The summed E-state index contributed by atoms with van der Waals surface area (Å²) in [6.45, 7) is 3.63. The van der Waals surface area contributed by atoms with E-state index in [1.165, 1.54) is 0 Å². The lowest BCUT2D eigenvalue weighted by Crippen LogP contribution is -2.59. The molecule has 30 heavy (non-hydrogen) atoms. The van der Waals surface area contributed by atoms with E-state index in [2.05, 4.69) is 0 Å². The van der Waals surface area contributed by atoms with Gasteiger partial charge in [0.05, 0.1) is 31.9 Å². The smallest absolute Gasteiger partial charge is 0.410 e. The second-order valence-electron chi connectivity index (χ2n) is 7.78. The Morgan fingerprint density at radius 2 is 1.67 bits per heavy atom. The minimum Gasteiger partial charge on any atom is -0.494 e. The van der Waals surface area contributed by atoms with Crippen molar-refractivity contribution in [3.05, 3.63) is 65.7 Å². The van der Waals surface area contributed by atoms with Gasteiger partial charge in [0, 0.05) is 11.5 Å². The molecule has 2 aromatic rings. The molecule has 2 unspecified atom stereocenters. The van der Waals surface area contributed by atoms with Gasteiger partial charge in [0.2, 0.25) is 0 Å². The quantitative estimate of drug-likeness (QED) is 0.673. The van der Waals surface area contributed by atoms with Gasteiger partial charge in [-0.15, -0.1) is 0 Å². The third-order valence-corrected chi connectivity index (χ3v) is 5.76. The Balaban J connectivity index is 1.40. The van der Waals surface area contributed by atoms with E-state index in [0.717, 1.165) is 11.3 Å². The molecule has 2 fully saturated rings. The Morgan fingerprint density at radius 3 is 2.30 bits per heavy atom. The molecule has 2 aliphatic rings. The molecule has 2 aromatic carbocycles. The van der Waals surface area contributed by atoms with Gasteiger partial charge in [-0.1, -0.05) is 30.3 Å². The van der Waals surface area contributed by atoms with Gasteiger partial charge in [0.25, 0.3) is 0 Å². The van der Waals surface area contributed by atoms with E-state index >= 15 is 0 Å². The molecule has 0 aliphatic carbocycles. The van der Waals surface area contributed by atoms with Gasteiger partial charge in [0.1, 0.15) is 12.4 Å². The van der Waals surface area contributed by atoms with Crippen molar-refractivity contribution in [3.8, 4) is 5.75 Å². The van der Waals surface area contributed by atoms with Crippen LogP contribution in [0.5, 0.6) is 5.75 Å². The highest BCUT2D eigenvalue weighted by Gasteiger charge is 2.44. The average molecular weight is 409 g/mol. The number of hydrogen-bond donors (Lipinski definition) is 0. The third kappa shape index (κ3) is 4.49. The van der Waals surface area contributed by atoms with Crippen molar-refractivity contribution in [2.75, 3.05) is 19.8 Å². The number of benzene rings is 2. The molecule has 2 aliphatic heterocycles. The Hall–Kier alpha value is -2.86. The lowest BCUT2D eigenvalue weighted by molar-refractivity contribution is -0.0755. The number of nitrogens with zero attached hydrogens (tertiary/aromatic N) is 1. The molecule has 4 rings (SSSR count). The highest BCUT2D eigenvalue weighted by molar-refractivity contribution is 5.98. The molecule has 0 N–H and O–H groups in total. The maximum absolute atomic E-state index is 13.1. The first kappa shape index (κ1) is 20.4. The van der Waals surface area contributed by atoms with Crippen LogP contribution in [0.1, 0.15) is 35.7 Å². The summed E-state index contributed by atoms with van der Waals surface area (Å²) in [6.07, 6.45) is 0.843. The lowest BCUT2D eigenvalue weighted by Gasteiger charge is -2.47. The second kappa shape index (κ2) is 9.30. The first-order chi connectivity index (χ1) is 14.7. The fourth-order valence-corrected chi connectivity index (χ4v) is 4.34. The topological polar surface area (TPSA) is 65.1 Å². The number of rotatable bonds is 6. The summed E-state index contributed by atoms with van der Waals surface area (Å²) in [6, 6.07) is 16.6. The van der Waals surface area contributed by atoms with Crippen LogP contribution in [0.2, 0.25) is 0 Å². The number of Topliss-reactive ketones (excluding diaryl/α,β-unsaturated/α-hetero) is 1. The standard InChI is InChI=1S/C24H27NO5/c1-2-29-22-10-8-18(9-11-22)23(26)19-12-20-15-28-16-21(13-19)25(20)24(27)30-14-17-6-4-3-5-7-17/h3-11,19-21H,2,12-16H2,1H3. The van der Waals surface area contributed by atoms with Gasteiger partial charge in [-0.2, -0.15) is 0 Å². The van der Waals surface area contributed by atoms with Crippen LogP contribution in [0.4, 0.5) is 4.79 Å². The summed E-state index contributed by atoms with van der Waals surface area (Å²) in [4.78, 5) is 27.6. The summed E-state index contributed by atoms with van der Waals surface area (Å²) >= 11 is 0. The van der Waals surface area contributed by atoms with Crippen LogP contribution in [0.25, 0.3) is 0 Å². The molecular formula is C24H27NO5. The van der Waals surface area contributed by atoms with Crippen molar-refractivity contribution in [2.45, 2.75) is 38.5 Å². The fourth-order valence-electron chi connectivity index (χ4n) is 4.34. The second-order valence-corrected chi connectivity index (χ2v) is 7.78. The van der Waals surface area contributed by atoms with Gasteiger partial charge in [-0.05, 0) is 49.6 Å². The first-order valence-electron chi connectivity index (χ1n) is 10.5. The lowest BCUT2D eigenvalue weighted by atomic mass is 9.81. The predicted molar refractivity (Wildman–Crippen MR) is 112 cm³/mol. The molecule has 0 radical (unpaired) electrons. The molecule has 2 bridgehead atoms. The molecule has 2 atom stereocenters. The Kier molecular flexibility index (Phi) is 6.33. The zero-order valence-corrected chi connectivity index (χ0v) is 17.2. The molecule has 0 aromatic heterocycles. The van der Waals surface area contributed by atoms with Gasteiger partial charge in [0.15, 0.2) is 5.78 Å². The number of ether oxygens (including phenoxy) is 3. The van der Waals surface area contributed by atoms with Gasteiger partial charge >= 0.3 is 6.09 Å². The minimum atomic E-state index is -0.330. The van der Waals surface area contributed by atoms with E-state index in [9.17, 15) is 9.59 Å². The van der Waals surface area contributed by atoms with Crippen molar-refractivity contribution >= 4 is 11.9 Å². The molecular weight excluding hydrogens is 382 g/mol. The number of morpholine rings is 1. The molecule has 6 heteroatoms. The highest BCUT2D eigenvalue weighted by atomic mass is 16.6. The highest BCUT2D eigenvalue weighted by Crippen LogP contribution is 2.34. The van der Waals surface area contributed by atoms with Crippen LogP contribution < -0.4 is 4.74 Å². The number of carbonyl (C=O) groups is 2. The molecule has 2 heterocycles. The van der Waals surface area contributed by atoms with Crippen molar-refractivity contribution in [1.29, 1.82) is 0 Å². The van der Waals surface area contributed by atoms with E-state index in [0.29, 0.717) is 38.2 Å². The molecule has 0 spiro atoms. The van der Waals surface area contributed by atoms with E-state index in [1.807, 2.05) is 61.5 Å². The summed E-state index contributed by atoms with van der Waals surface area (Å²) in [7, 11) is 0. The zero-order valence-electron chi connectivity index (χ0n) is 17.2. The van der Waals surface area contributed by atoms with Gasteiger partial charge in [-0.3, -0.25) is 9.69 Å². The van der Waals surface area contributed by atoms with Crippen LogP contribution in [-0.4, -0.2) is 48.7 Å². The summed E-state index contributed by atoms with van der Waals surface area (Å²) in [5.41, 5.74) is 1.63. The Morgan fingerprint density at radius 1 is 1.00 bits per heavy atom. The first-order valence-corrected chi connectivity index (χ1v) is 10.5.